The Morgan fingerprint density at radius 2 is 1.29 bits per heavy atom. The van der Waals surface area contributed by atoms with Crippen LogP contribution in [0.25, 0.3) is 33.4 Å². The number of hydrogen-bond donors (Lipinski definition) is 1. The maximum Gasteiger partial charge on any atom is 0.294 e. The molecule has 0 atom stereocenters. The van der Waals surface area contributed by atoms with Crippen molar-refractivity contribution in [2.45, 2.75) is 4.90 Å². The highest BCUT2D eigenvalue weighted by Gasteiger charge is 2.13. The number of rotatable bonds is 3. The molecule has 0 aliphatic heterocycles. The molecule has 0 bridgehead atoms. The molecule has 0 spiro atoms. The summed E-state index contributed by atoms with van der Waals surface area (Å²) < 4.78 is 35.7. The van der Waals surface area contributed by atoms with Gasteiger partial charge in [0.2, 0.25) is 0 Å². The van der Waals surface area contributed by atoms with Crippen molar-refractivity contribution in [2.24, 2.45) is 0 Å². The molecular formula is C20H14N4O3S. The second kappa shape index (κ2) is 6.01. The Kier molecular flexibility index (Phi) is 3.58. The van der Waals surface area contributed by atoms with Gasteiger partial charge in [-0.15, -0.1) is 0 Å². The third-order valence-corrected chi connectivity index (χ3v) is 5.53. The summed E-state index contributed by atoms with van der Waals surface area (Å²) in [6.07, 6.45) is 3.42. The molecule has 2 aromatic heterocycles. The molecule has 0 radical (unpaired) electrons. The first-order valence-electron chi connectivity index (χ1n) is 8.48. The molecule has 0 saturated carbocycles. The van der Waals surface area contributed by atoms with Crippen LogP contribution in [0.3, 0.4) is 0 Å². The van der Waals surface area contributed by atoms with Gasteiger partial charge in [-0.05, 0) is 54.6 Å². The van der Waals surface area contributed by atoms with Crippen LogP contribution in [0.5, 0.6) is 0 Å². The van der Waals surface area contributed by atoms with Gasteiger partial charge >= 0.3 is 0 Å². The molecule has 5 aromatic rings. The molecule has 0 amide bonds. The van der Waals surface area contributed by atoms with E-state index in [1.165, 1.54) is 12.1 Å². The average molecular weight is 390 g/mol. The van der Waals surface area contributed by atoms with Crippen LogP contribution in [-0.2, 0) is 10.1 Å². The normalized spacial score (nSPS) is 12.0. The zero-order chi connectivity index (χ0) is 19.3. The second-order valence-corrected chi connectivity index (χ2v) is 7.78. The van der Waals surface area contributed by atoms with E-state index < -0.39 is 10.1 Å². The lowest BCUT2D eigenvalue weighted by Crippen LogP contribution is -1.98. The van der Waals surface area contributed by atoms with Crippen molar-refractivity contribution in [2.75, 3.05) is 0 Å². The minimum Gasteiger partial charge on any atom is -0.299 e. The minimum atomic E-state index is -4.26. The fraction of sp³-hybridized carbons (Fsp3) is 0. The highest BCUT2D eigenvalue weighted by atomic mass is 32.2. The first-order chi connectivity index (χ1) is 13.5. The lowest BCUT2D eigenvalue weighted by molar-refractivity contribution is 0.483. The third kappa shape index (κ3) is 2.67. The summed E-state index contributed by atoms with van der Waals surface area (Å²) in [6, 6.07) is 20.2. The third-order valence-electron chi connectivity index (χ3n) is 4.68. The zero-order valence-electron chi connectivity index (χ0n) is 14.5. The van der Waals surface area contributed by atoms with Gasteiger partial charge in [0.1, 0.15) is 12.7 Å². The van der Waals surface area contributed by atoms with Crippen LogP contribution < -0.4 is 0 Å². The second-order valence-electron chi connectivity index (χ2n) is 6.36. The van der Waals surface area contributed by atoms with Crippen molar-refractivity contribution in [1.82, 2.24) is 19.1 Å². The lowest BCUT2D eigenvalue weighted by Gasteiger charge is -2.08. The van der Waals surface area contributed by atoms with Gasteiger partial charge in [0.05, 0.1) is 27.0 Å². The Morgan fingerprint density at radius 1 is 0.714 bits per heavy atom. The molecule has 3 aromatic carbocycles. The van der Waals surface area contributed by atoms with Gasteiger partial charge in [0, 0.05) is 11.4 Å². The van der Waals surface area contributed by atoms with Crippen LogP contribution in [0.1, 0.15) is 0 Å². The van der Waals surface area contributed by atoms with E-state index in [0.29, 0.717) is 5.52 Å². The number of aromatic nitrogens is 4. The Labute approximate surface area is 160 Å². The molecule has 7 nitrogen and oxygen atoms in total. The van der Waals surface area contributed by atoms with Gasteiger partial charge in [0.25, 0.3) is 10.1 Å². The number of hydrogen-bond acceptors (Lipinski definition) is 4. The molecule has 0 saturated heterocycles. The van der Waals surface area contributed by atoms with E-state index in [0.717, 1.165) is 27.9 Å². The van der Waals surface area contributed by atoms with Crippen LogP contribution >= 0.6 is 0 Å². The number of para-hydroxylation sites is 2. The Balaban J connectivity index is 1.56. The van der Waals surface area contributed by atoms with Crippen LogP contribution in [0.2, 0.25) is 0 Å². The molecule has 0 unspecified atom stereocenters. The molecule has 0 aliphatic carbocycles. The smallest absolute Gasteiger partial charge is 0.294 e. The fourth-order valence-corrected chi connectivity index (χ4v) is 3.80. The first kappa shape index (κ1) is 16.7. The molecule has 0 fully saturated rings. The standard InChI is InChI=1S/C20H14N4O3S/c25-28(26,27)16-9-10-20-18(11-16)22-13-24(20)15-7-5-14(6-8-15)23-12-21-17-3-1-2-4-19(17)23/h1-13H,(H,25,26,27). The van der Waals surface area contributed by atoms with Gasteiger partial charge in [-0.2, -0.15) is 8.42 Å². The lowest BCUT2D eigenvalue weighted by atomic mass is 10.2. The molecule has 28 heavy (non-hydrogen) atoms. The molecule has 5 rings (SSSR count). The molecule has 0 aliphatic rings. The van der Waals surface area contributed by atoms with Gasteiger partial charge in [-0.25, -0.2) is 9.97 Å². The first-order valence-corrected chi connectivity index (χ1v) is 9.92. The molecular weight excluding hydrogens is 376 g/mol. The Morgan fingerprint density at radius 3 is 1.93 bits per heavy atom. The van der Waals surface area contributed by atoms with Crippen molar-refractivity contribution in [1.29, 1.82) is 0 Å². The maximum atomic E-state index is 11.3. The topological polar surface area (TPSA) is 90.0 Å². The van der Waals surface area contributed by atoms with E-state index >= 15 is 0 Å². The van der Waals surface area contributed by atoms with Crippen molar-refractivity contribution in [3.05, 3.63) is 79.4 Å². The summed E-state index contributed by atoms with van der Waals surface area (Å²) in [5.74, 6) is 0. The zero-order valence-corrected chi connectivity index (χ0v) is 15.3. The molecule has 2 heterocycles. The largest absolute Gasteiger partial charge is 0.299 e. The summed E-state index contributed by atoms with van der Waals surface area (Å²) >= 11 is 0. The fourth-order valence-electron chi connectivity index (χ4n) is 3.30. The van der Waals surface area contributed by atoms with Gasteiger partial charge in [-0.1, -0.05) is 12.1 Å². The van der Waals surface area contributed by atoms with Crippen molar-refractivity contribution < 1.29 is 13.0 Å². The van der Waals surface area contributed by atoms with Crippen LogP contribution in [0, 0.1) is 0 Å². The number of imidazole rings is 2. The van der Waals surface area contributed by atoms with Crippen molar-refractivity contribution in [3.63, 3.8) is 0 Å². The van der Waals surface area contributed by atoms with E-state index in [2.05, 4.69) is 9.97 Å². The number of fused-ring (bicyclic) bond motifs is 2. The van der Waals surface area contributed by atoms with E-state index in [1.54, 1.807) is 18.7 Å². The maximum absolute atomic E-state index is 11.3. The highest BCUT2D eigenvalue weighted by Crippen LogP contribution is 2.23. The summed E-state index contributed by atoms with van der Waals surface area (Å²) in [5, 5.41) is 0. The van der Waals surface area contributed by atoms with E-state index in [9.17, 15) is 13.0 Å². The van der Waals surface area contributed by atoms with E-state index in [4.69, 9.17) is 0 Å². The summed E-state index contributed by atoms with van der Waals surface area (Å²) in [4.78, 5) is 8.50. The monoisotopic (exact) mass is 390 g/mol. The van der Waals surface area contributed by atoms with Crippen molar-refractivity contribution in [3.8, 4) is 11.4 Å². The molecule has 8 heteroatoms. The summed E-state index contributed by atoms with van der Waals surface area (Å²) in [6.45, 7) is 0. The van der Waals surface area contributed by atoms with Crippen LogP contribution in [0.15, 0.2) is 84.3 Å². The molecule has 1 N–H and O–H groups in total. The quantitative estimate of drug-likeness (QED) is 0.475. The number of benzene rings is 3. The van der Waals surface area contributed by atoms with Crippen LogP contribution in [0.4, 0.5) is 0 Å². The van der Waals surface area contributed by atoms with Crippen LogP contribution in [-0.4, -0.2) is 32.1 Å². The van der Waals surface area contributed by atoms with E-state index in [-0.39, 0.29) is 4.90 Å². The number of nitrogens with zero attached hydrogens (tertiary/aromatic N) is 4. The summed E-state index contributed by atoms with van der Waals surface area (Å²) in [5.41, 5.74) is 5.06. The minimum absolute atomic E-state index is 0.174. The molecule has 138 valence electrons. The predicted octanol–water partition coefficient (Wildman–Crippen LogP) is 3.61. The van der Waals surface area contributed by atoms with Crippen molar-refractivity contribution >= 4 is 32.2 Å². The Hall–Kier alpha value is -3.49. The average Bonchev–Trinajstić information content (AvgIpc) is 3.31. The van der Waals surface area contributed by atoms with Gasteiger partial charge < -0.3 is 0 Å². The van der Waals surface area contributed by atoms with E-state index in [1.807, 2.05) is 57.7 Å². The summed E-state index contributed by atoms with van der Waals surface area (Å²) in [7, 11) is -4.26. The van der Waals surface area contributed by atoms with Gasteiger partial charge in [-0.3, -0.25) is 13.7 Å². The highest BCUT2D eigenvalue weighted by molar-refractivity contribution is 7.85. The SMILES string of the molecule is O=S(=O)(O)c1ccc2c(c1)ncn2-c1ccc(-n2cnc3ccccc32)cc1. The Bertz CT molecular complexity index is 1430. The van der Waals surface area contributed by atoms with Gasteiger partial charge in [0.15, 0.2) is 0 Å². The predicted molar refractivity (Wildman–Crippen MR) is 106 cm³/mol.